The molecule has 1 aromatic rings. The highest BCUT2D eigenvalue weighted by Crippen LogP contribution is 2.29. The third kappa shape index (κ3) is 8.20. The van der Waals surface area contributed by atoms with Gasteiger partial charge in [0, 0.05) is 19.5 Å². The number of carbonyl (C=O) groups is 6. The Labute approximate surface area is 233 Å². The molecule has 2 saturated heterocycles. The first-order chi connectivity index (χ1) is 19.0. The molecule has 0 spiro atoms. The number of hydrogen-bond donors (Lipinski definition) is 5. The Kier molecular flexibility index (Phi) is 10.5. The monoisotopic (exact) mass is 556 g/mol. The van der Waals surface area contributed by atoms with Crippen LogP contribution >= 0.6 is 0 Å². The van der Waals surface area contributed by atoms with Gasteiger partial charge in [-0.25, -0.2) is 0 Å². The van der Waals surface area contributed by atoms with Crippen LogP contribution < -0.4 is 21.7 Å². The molecule has 3 rings (SSSR count). The van der Waals surface area contributed by atoms with E-state index in [-0.39, 0.29) is 36.3 Å². The largest absolute Gasteiger partial charge is 0.508 e. The molecule has 0 aromatic heterocycles. The van der Waals surface area contributed by atoms with Gasteiger partial charge >= 0.3 is 0 Å². The van der Waals surface area contributed by atoms with Crippen LogP contribution in [-0.4, -0.2) is 103 Å². The molecule has 2 heterocycles. The van der Waals surface area contributed by atoms with Crippen molar-refractivity contribution in [2.45, 2.75) is 63.0 Å². The number of hydrogen-bond acceptors (Lipinski definition) is 7. The Morgan fingerprint density at radius 3 is 2.42 bits per heavy atom. The SMILES string of the molecule is B[C@H]1C[C@H](C(=O)NCC(=O)N[C@H](C)C(=O)NCC(N)=O)N(C(=O)[C@H]2CCCN2C(=O)CCc2ccc(O)cc2)C1. The summed E-state index contributed by atoms with van der Waals surface area (Å²) in [7, 11) is 1.93. The van der Waals surface area contributed by atoms with Crippen LogP contribution in [0.4, 0.5) is 0 Å². The van der Waals surface area contributed by atoms with Gasteiger partial charge in [-0.15, -0.1) is 0 Å². The Balaban J connectivity index is 1.53. The maximum atomic E-state index is 13.6. The molecule has 2 aliphatic heterocycles. The summed E-state index contributed by atoms with van der Waals surface area (Å²) >= 11 is 0. The molecular formula is C26H37BN6O7. The fourth-order valence-corrected chi connectivity index (χ4v) is 5.08. The van der Waals surface area contributed by atoms with Gasteiger partial charge in [-0.2, -0.15) is 0 Å². The van der Waals surface area contributed by atoms with Crippen LogP contribution in [0.2, 0.25) is 5.82 Å². The minimum atomic E-state index is -0.951. The molecular weight excluding hydrogens is 519 g/mol. The zero-order chi connectivity index (χ0) is 29.4. The van der Waals surface area contributed by atoms with E-state index in [1.807, 2.05) is 7.85 Å². The first kappa shape index (κ1) is 30.4. The van der Waals surface area contributed by atoms with Crippen molar-refractivity contribution in [3.05, 3.63) is 29.8 Å². The zero-order valence-electron chi connectivity index (χ0n) is 22.9. The van der Waals surface area contributed by atoms with E-state index < -0.39 is 48.3 Å². The summed E-state index contributed by atoms with van der Waals surface area (Å²) in [6.07, 6.45) is 2.33. The van der Waals surface area contributed by atoms with Crippen molar-refractivity contribution >= 4 is 43.3 Å². The molecule has 0 saturated carbocycles. The molecule has 0 radical (unpaired) electrons. The average molecular weight is 556 g/mol. The number of phenolic OH excluding ortho intramolecular Hbond substituents is 1. The van der Waals surface area contributed by atoms with Crippen molar-refractivity contribution in [3.63, 3.8) is 0 Å². The van der Waals surface area contributed by atoms with Crippen LogP contribution in [0, 0.1) is 0 Å². The van der Waals surface area contributed by atoms with Gasteiger partial charge in [-0.3, -0.25) is 28.8 Å². The second-order valence-corrected chi connectivity index (χ2v) is 10.5. The summed E-state index contributed by atoms with van der Waals surface area (Å²) in [5.41, 5.74) is 5.89. The number of nitrogens with one attached hydrogen (secondary N) is 3. The summed E-state index contributed by atoms with van der Waals surface area (Å²) in [6, 6.07) is 4.27. The minimum absolute atomic E-state index is 0.0579. The van der Waals surface area contributed by atoms with Gasteiger partial charge in [0.1, 0.15) is 31.7 Å². The molecule has 4 atom stereocenters. The first-order valence-corrected chi connectivity index (χ1v) is 13.5. The number of likely N-dealkylation sites (tertiary alicyclic amines) is 2. The summed E-state index contributed by atoms with van der Waals surface area (Å²) < 4.78 is 0. The fourth-order valence-electron chi connectivity index (χ4n) is 5.08. The highest BCUT2D eigenvalue weighted by Gasteiger charge is 2.43. The number of benzene rings is 1. The van der Waals surface area contributed by atoms with Crippen molar-refractivity contribution in [1.82, 2.24) is 25.8 Å². The number of nitrogens with two attached hydrogens (primary N) is 1. The second-order valence-electron chi connectivity index (χ2n) is 10.5. The molecule has 2 fully saturated rings. The second kappa shape index (κ2) is 13.8. The van der Waals surface area contributed by atoms with Gasteiger partial charge in [0.25, 0.3) is 0 Å². The van der Waals surface area contributed by atoms with Gasteiger partial charge in [0.15, 0.2) is 0 Å². The Hall–Kier alpha value is -4.10. The highest BCUT2D eigenvalue weighted by molar-refractivity contribution is 6.13. The Bertz CT molecular complexity index is 1130. The van der Waals surface area contributed by atoms with E-state index in [1.54, 1.807) is 29.2 Å². The molecule has 6 amide bonds. The molecule has 6 N–H and O–H groups in total. The summed E-state index contributed by atoms with van der Waals surface area (Å²) in [5, 5.41) is 16.7. The van der Waals surface area contributed by atoms with Gasteiger partial charge < -0.3 is 36.6 Å². The van der Waals surface area contributed by atoms with Crippen molar-refractivity contribution in [1.29, 1.82) is 0 Å². The van der Waals surface area contributed by atoms with E-state index in [0.717, 1.165) is 5.56 Å². The number of aryl methyl sites for hydroxylation is 1. The van der Waals surface area contributed by atoms with Crippen molar-refractivity contribution in [2.24, 2.45) is 5.73 Å². The Morgan fingerprint density at radius 2 is 1.75 bits per heavy atom. The molecule has 14 heteroatoms. The topological polar surface area (TPSA) is 191 Å². The molecule has 1 aromatic carbocycles. The first-order valence-electron chi connectivity index (χ1n) is 13.5. The summed E-state index contributed by atoms with van der Waals surface area (Å²) in [5.74, 6) is -2.61. The number of aromatic hydroxyl groups is 1. The molecule has 2 aliphatic rings. The van der Waals surface area contributed by atoms with Gasteiger partial charge in [-0.1, -0.05) is 12.1 Å². The molecule has 13 nitrogen and oxygen atoms in total. The number of rotatable bonds is 11. The maximum absolute atomic E-state index is 13.6. The van der Waals surface area contributed by atoms with Crippen molar-refractivity contribution < 1.29 is 33.9 Å². The molecule has 40 heavy (non-hydrogen) atoms. The summed E-state index contributed by atoms with van der Waals surface area (Å²) in [6.45, 7) is 1.50. The van der Waals surface area contributed by atoms with Crippen LogP contribution in [0.1, 0.15) is 38.2 Å². The predicted octanol–water partition coefficient (Wildman–Crippen LogP) is -2.44. The minimum Gasteiger partial charge on any atom is -0.508 e. The zero-order valence-corrected chi connectivity index (χ0v) is 22.9. The third-order valence-corrected chi connectivity index (χ3v) is 7.15. The highest BCUT2D eigenvalue weighted by atomic mass is 16.3. The standard InChI is InChI=1S/C26H37BN6O7/c1-15(24(38)29-12-21(28)35)31-22(36)13-30-25(39)20-11-17(27)14-33(20)26(40)19-3-2-10-32(19)23(37)9-6-16-4-7-18(34)8-5-16/h4-5,7-8,15,17,19-20,34H,2-3,6,9-14,27H2,1H3,(H2,28,35)(H,29,38)(H,30,39)(H,31,36)/t15-,17+,19-,20-/m1/s1. The van der Waals surface area contributed by atoms with Gasteiger partial charge in [0.05, 0.1) is 13.1 Å². The number of amides is 6. The number of nitrogens with zero attached hydrogens (tertiary/aromatic N) is 2. The predicted molar refractivity (Wildman–Crippen MR) is 146 cm³/mol. The van der Waals surface area contributed by atoms with E-state index in [0.29, 0.717) is 38.8 Å². The van der Waals surface area contributed by atoms with E-state index in [2.05, 4.69) is 16.0 Å². The lowest BCUT2D eigenvalue weighted by Gasteiger charge is -2.31. The lowest BCUT2D eigenvalue weighted by Crippen LogP contribution is -2.54. The number of carbonyl (C=O) groups excluding carboxylic acids is 6. The maximum Gasteiger partial charge on any atom is 0.246 e. The van der Waals surface area contributed by atoms with Crippen LogP contribution in [-0.2, 0) is 35.2 Å². The smallest absolute Gasteiger partial charge is 0.246 e. The number of primary amides is 1. The Morgan fingerprint density at radius 1 is 1.05 bits per heavy atom. The third-order valence-electron chi connectivity index (χ3n) is 7.15. The van der Waals surface area contributed by atoms with Crippen molar-refractivity contribution in [3.8, 4) is 5.75 Å². The van der Waals surface area contributed by atoms with E-state index >= 15 is 0 Å². The average Bonchev–Trinajstić information content (AvgIpc) is 3.56. The van der Waals surface area contributed by atoms with Crippen molar-refractivity contribution in [2.75, 3.05) is 26.2 Å². The summed E-state index contributed by atoms with van der Waals surface area (Å²) in [4.78, 5) is 77.7. The van der Waals surface area contributed by atoms with Gasteiger partial charge in [0.2, 0.25) is 35.4 Å². The fraction of sp³-hybridized carbons (Fsp3) is 0.538. The number of phenols is 1. The molecule has 0 unspecified atom stereocenters. The van der Waals surface area contributed by atoms with E-state index in [9.17, 15) is 33.9 Å². The van der Waals surface area contributed by atoms with Crippen LogP contribution in [0.25, 0.3) is 0 Å². The molecule has 0 bridgehead atoms. The van der Waals surface area contributed by atoms with Crippen LogP contribution in [0.3, 0.4) is 0 Å². The van der Waals surface area contributed by atoms with Crippen LogP contribution in [0.5, 0.6) is 5.75 Å². The lowest BCUT2D eigenvalue weighted by atomic mass is 9.85. The van der Waals surface area contributed by atoms with Crippen LogP contribution in [0.15, 0.2) is 24.3 Å². The molecule has 216 valence electrons. The quantitative estimate of drug-likeness (QED) is 0.187. The van der Waals surface area contributed by atoms with E-state index in [1.165, 1.54) is 11.8 Å². The molecule has 0 aliphatic carbocycles. The lowest BCUT2D eigenvalue weighted by molar-refractivity contribution is -0.146. The van der Waals surface area contributed by atoms with Gasteiger partial charge in [-0.05, 0) is 56.1 Å². The van der Waals surface area contributed by atoms with E-state index in [4.69, 9.17) is 5.73 Å². The normalized spacial score (nSPS) is 21.0.